The van der Waals surface area contributed by atoms with Crippen molar-refractivity contribution in [1.29, 1.82) is 0 Å². The average molecular weight is 376 g/mol. The molecule has 1 aliphatic heterocycles. The maximum absolute atomic E-state index is 13.0. The molecule has 138 valence electrons. The minimum Gasteiger partial charge on any atom is -0.349 e. The lowest BCUT2D eigenvalue weighted by molar-refractivity contribution is 0.0924. The Kier molecular flexibility index (Phi) is 5.38. The lowest BCUT2D eigenvalue weighted by Gasteiger charge is -2.31. The third-order valence-corrected chi connectivity index (χ3v) is 6.47. The molecule has 1 aliphatic rings. The number of carbonyl (C=O) groups is 1. The molecule has 1 amide bonds. The van der Waals surface area contributed by atoms with E-state index in [0.29, 0.717) is 31.5 Å². The molecule has 0 spiro atoms. The molecule has 0 atom stereocenters. The number of nitrogens with one attached hydrogen (secondary N) is 1. The number of nitrogens with zero attached hydrogens (tertiary/aromatic N) is 1. The van der Waals surface area contributed by atoms with Crippen LogP contribution in [0.25, 0.3) is 0 Å². The summed E-state index contributed by atoms with van der Waals surface area (Å²) in [6.07, 6.45) is 1.08. The highest BCUT2D eigenvalue weighted by Crippen LogP contribution is 2.21. The number of amides is 1. The van der Waals surface area contributed by atoms with Crippen LogP contribution in [-0.4, -0.2) is 37.8 Å². The summed E-state index contributed by atoms with van der Waals surface area (Å²) in [5, 5.41) is 2.96. The van der Waals surface area contributed by atoms with Gasteiger partial charge in [0.15, 0.2) is 0 Å². The molecular formula is C19H21FN2O3S. The van der Waals surface area contributed by atoms with Crippen LogP contribution in [0.4, 0.5) is 4.39 Å². The van der Waals surface area contributed by atoms with Gasteiger partial charge in [-0.25, -0.2) is 12.8 Å². The first kappa shape index (κ1) is 18.5. The van der Waals surface area contributed by atoms with Crippen LogP contribution in [0.5, 0.6) is 0 Å². The van der Waals surface area contributed by atoms with Gasteiger partial charge in [-0.1, -0.05) is 17.7 Å². The van der Waals surface area contributed by atoms with Crippen molar-refractivity contribution in [3.05, 3.63) is 65.5 Å². The van der Waals surface area contributed by atoms with Crippen LogP contribution in [0.1, 0.15) is 28.8 Å². The molecule has 3 rings (SSSR count). The number of rotatable bonds is 4. The van der Waals surface area contributed by atoms with Crippen LogP contribution in [0, 0.1) is 12.7 Å². The second kappa shape index (κ2) is 7.55. The highest BCUT2D eigenvalue weighted by atomic mass is 32.2. The van der Waals surface area contributed by atoms with Gasteiger partial charge in [0.25, 0.3) is 5.91 Å². The molecule has 2 aromatic rings. The lowest BCUT2D eigenvalue weighted by Crippen LogP contribution is -2.46. The highest BCUT2D eigenvalue weighted by molar-refractivity contribution is 7.89. The SMILES string of the molecule is Cc1ccc(C(=O)NC2CCN(S(=O)(=O)c3ccc(F)cc3)CC2)cc1. The van der Waals surface area contributed by atoms with E-state index in [1.54, 1.807) is 12.1 Å². The highest BCUT2D eigenvalue weighted by Gasteiger charge is 2.30. The minimum atomic E-state index is -3.63. The first-order valence-electron chi connectivity index (χ1n) is 8.49. The zero-order valence-electron chi connectivity index (χ0n) is 14.5. The summed E-state index contributed by atoms with van der Waals surface area (Å²) in [4.78, 5) is 12.4. The molecule has 26 heavy (non-hydrogen) atoms. The molecule has 7 heteroatoms. The number of hydrogen-bond acceptors (Lipinski definition) is 3. The van der Waals surface area contributed by atoms with Gasteiger partial charge in [0.05, 0.1) is 4.90 Å². The van der Waals surface area contributed by atoms with Gasteiger partial charge in [0, 0.05) is 24.7 Å². The van der Waals surface area contributed by atoms with Crippen molar-refractivity contribution < 1.29 is 17.6 Å². The quantitative estimate of drug-likeness (QED) is 0.892. The van der Waals surface area contributed by atoms with Crippen molar-refractivity contribution in [3.8, 4) is 0 Å². The van der Waals surface area contributed by atoms with Gasteiger partial charge in [-0.3, -0.25) is 4.79 Å². The Bertz CT molecular complexity index is 872. The molecule has 1 fully saturated rings. The van der Waals surface area contributed by atoms with Gasteiger partial charge in [-0.15, -0.1) is 0 Å². The van der Waals surface area contributed by atoms with E-state index in [1.807, 2.05) is 19.1 Å². The summed E-state index contributed by atoms with van der Waals surface area (Å²) in [7, 11) is -3.63. The predicted molar refractivity (Wildman–Crippen MR) is 96.8 cm³/mol. The largest absolute Gasteiger partial charge is 0.349 e. The summed E-state index contributed by atoms with van der Waals surface area (Å²) < 4.78 is 39.6. The Balaban J connectivity index is 1.59. The van der Waals surface area contributed by atoms with E-state index >= 15 is 0 Å². The molecule has 1 saturated heterocycles. The number of carbonyl (C=O) groups excluding carboxylic acids is 1. The van der Waals surface area contributed by atoms with Crippen molar-refractivity contribution >= 4 is 15.9 Å². The van der Waals surface area contributed by atoms with Crippen molar-refractivity contribution in [2.45, 2.75) is 30.7 Å². The summed E-state index contributed by atoms with van der Waals surface area (Å²) in [6.45, 7) is 2.59. The third kappa shape index (κ3) is 4.11. The lowest BCUT2D eigenvalue weighted by atomic mass is 10.1. The van der Waals surface area contributed by atoms with Gasteiger partial charge >= 0.3 is 0 Å². The number of piperidine rings is 1. The first-order chi connectivity index (χ1) is 12.4. The fourth-order valence-electron chi connectivity index (χ4n) is 2.97. The Morgan fingerprint density at radius 2 is 1.62 bits per heavy atom. The Morgan fingerprint density at radius 3 is 2.19 bits per heavy atom. The molecule has 0 saturated carbocycles. The topological polar surface area (TPSA) is 66.5 Å². The standard InChI is InChI=1S/C19H21FN2O3S/c1-14-2-4-15(5-3-14)19(23)21-17-10-12-22(13-11-17)26(24,25)18-8-6-16(20)7-9-18/h2-9,17H,10-13H2,1H3,(H,21,23). The molecule has 1 heterocycles. The molecule has 0 aromatic heterocycles. The zero-order chi connectivity index (χ0) is 18.7. The van der Waals surface area contributed by atoms with Crippen LogP contribution in [-0.2, 0) is 10.0 Å². The molecule has 0 radical (unpaired) electrons. The van der Waals surface area contributed by atoms with E-state index in [9.17, 15) is 17.6 Å². The molecule has 0 bridgehead atoms. The molecule has 1 N–H and O–H groups in total. The van der Waals surface area contributed by atoms with E-state index in [1.165, 1.54) is 16.4 Å². The van der Waals surface area contributed by atoms with E-state index in [0.717, 1.165) is 17.7 Å². The molecule has 5 nitrogen and oxygen atoms in total. The maximum atomic E-state index is 13.0. The molecule has 2 aromatic carbocycles. The van der Waals surface area contributed by atoms with E-state index < -0.39 is 15.8 Å². The normalized spacial score (nSPS) is 16.4. The summed E-state index contributed by atoms with van der Waals surface area (Å²) in [6, 6.07) is 12.1. The van der Waals surface area contributed by atoms with Crippen LogP contribution < -0.4 is 5.32 Å². The van der Waals surface area contributed by atoms with E-state index in [-0.39, 0.29) is 16.8 Å². The number of halogens is 1. The van der Waals surface area contributed by atoms with Crippen molar-refractivity contribution in [3.63, 3.8) is 0 Å². The van der Waals surface area contributed by atoms with Gasteiger partial charge < -0.3 is 5.32 Å². The van der Waals surface area contributed by atoms with Crippen LogP contribution in [0.15, 0.2) is 53.4 Å². The van der Waals surface area contributed by atoms with Crippen LogP contribution >= 0.6 is 0 Å². The smallest absolute Gasteiger partial charge is 0.251 e. The first-order valence-corrected chi connectivity index (χ1v) is 9.93. The summed E-state index contributed by atoms with van der Waals surface area (Å²) in [5.41, 5.74) is 1.68. The van der Waals surface area contributed by atoms with Crippen molar-refractivity contribution in [2.24, 2.45) is 0 Å². The van der Waals surface area contributed by atoms with Crippen LogP contribution in [0.2, 0.25) is 0 Å². The summed E-state index contributed by atoms with van der Waals surface area (Å²) in [5.74, 6) is -0.619. The average Bonchev–Trinajstić information content (AvgIpc) is 2.63. The molecular weight excluding hydrogens is 355 g/mol. The molecule has 0 aliphatic carbocycles. The Morgan fingerprint density at radius 1 is 1.04 bits per heavy atom. The molecule has 0 unspecified atom stereocenters. The second-order valence-electron chi connectivity index (χ2n) is 6.47. The Hall–Kier alpha value is -2.25. The van der Waals surface area contributed by atoms with E-state index in [4.69, 9.17) is 0 Å². The third-order valence-electron chi connectivity index (χ3n) is 4.55. The number of hydrogen-bond donors (Lipinski definition) is 1. The van der Waals surface area contributed by atoms with Gasteiger partial charge in [0.1, 0.15) is 5.82 Å². The zero-order valence-corrected chi connectivity index (χ0v) is 15.3. The van der Waals surface area contributed by atoms with Crippen molar-refractivity contribution in [1.82, 2.24) is 9.62 Å². The van der Waals surface area contributed by atoms with E-state index in [2.05, 4.69) is 5.32 Å². The van der Waals surface area contributed by atoms with Crippen molar-refractivity contribution in [2.75, 3.05) is 13.1 Å². The predicted octanol–water partition coefficient (Wildman–Crippen LogP) is 2.72. The number of benzene rings is 2. The number of sulfonamides is 1. The monoisotopic (exact) mass is 376 g/mol. The van der Waals surface area contributed by atoms with Gasteiger partial charge in [-0.2, -0.15) is 4.31 Å². The minimum absolute atomic E-state index is 0.0662. The van der Waals surface area contributed by atoms with Crippen LogP contribution in [0.3, 0.4) is 0 Å². The Labute approximate surface area is 152 Å². The maximum Gasteiger partial charge on any atom is 0.251 e. The fraction of sp³-hybridized carbons (Fsp3) is 0.316. The second-order valence-corrected chi connectivity index (χ2v) is 8.41. The van der Waals surface area contributed by atoms with Gasteiger partial charge in [-0.05, 0) is 56.2 Å². The fourth-order valence-corrected chi connectivity index (χ4v) is 4.44. The summed E-state index contributed by atoms with van der Waals surface area (Å²) >= 11 is 0. The van der Waals surface area contributed by atoms with Gasteiger partial charge in [0.2, 0.25) is 10.0 Å². The number of aryl methyl sites for hydroxylation is 1.